The van der Waals surface area contributed by atoms with Gasteiger partial charge in [-0.1, -0.05) is 18.2 Å². The number of methoxy groups -OCH3 is 2. The highest BCUT2D eigenvalue weighted by molar-refractivity contribution is 7.91. The maximum absolute atomic E-state index is 13.5. The van der Waals surface area contributed by atoms with Gasteiger partial charge in [-0.3, -0.25) is 4.79 Å². The van der Waals surface area contributed by atoms with E-state index in [4.69, 9.17) is 14.2 Å². The molecule has 2 aromatic carbocycles. The van der Waals surface area contributed by atoms with Crippen LogP contribution in [-0.4, -0.2) is 70.1 Å². The van der Waals surface area contributed by atoms with Crippen molar-refractivity contribution in [3.05, 3.63) is 54.0 Å². The summed E-state index contributed by atoms with van der Waals surface area (Å²) in [6.45, 7) is 0.724. The summed E-state index contributed by atoms with van der Waals surface area (Å²) in [6.07, 6.45) is 1.35. The minimum atomic E-state index is -4.05. The Hall–Kier alpha value is -3.28. The first kappa shape index (κ1) is 22.9. The number of rotatable bonds is 8. The Morgan fingerprint density at radius 1 is 1.06 bits per heavy atom. The molecule has 0 N–H and O–H groups in total. The summed E-state index contributed by atoms with van der Waals surface area (Å²) in [5.74, 6) is -0.622. The van der Waals surface area contributed by atoms with E-state index in [0.717, 1.165) is 8.61 Å². The van der Waals surface area contributed by atoms with Gasteiger partial charge in [0, 0.05) is 32.7 Å². The van der Waals surface area contributed by atoms with Crippen LogP contribution in [0.3, 0.4) is 0 Å². The van der Waals surface area contributed by atoms with Gasteiger partial charge in [-0.05, 0) is 17.7 Å². The summed E-state index contributed by atoms with van der Waals surface area (Å²) in [6, 6.07) is 10.2. The molecule has 0 fully saturated rings. The van der Waals surface area contributed by atoms with Crippen LogP contribution in [0, 0.1) is 0 Å². The summed E-state index contributed by atoms with van der Waals surface area (Å²) in [4.78, 5) is 22.3. The van der Waals surface area contributed by atoms with Crippen LogP contribution in [-0.2, 0) is 19.7 Å². The molecule has 1 aliphatic heterocycles. The first-order valence-electron chi connectivity index (χ1n) is 10.1. The van der Waals surface area contributed by atoms with Crippen molar-refractivity contribution in [3.8, 4) is 11.5 Å². The number of fused-ring (bicyclic) bond motifs is 2. The SMILES string of the molecule is COCCOc1cc2ncnc(C3C(=O)N(S(=O)(=O)N(C)C)c4ccccc43)c2cc1OC. The molecule has 10 nitrogen and oxygen atoms in total. The van der Waals surface area contributed by atoms with Gasteiger partial charge in [0.05, 0.1) is 30.6 Å². The largest absolute Gasteiger partial charge is 0.493 e. The fraction of sp³-hybridized carbons (Fsp3) is 0.318. The van der Waals surface area contributed by atoms with Crippen molar-refractivity contribution in [1.82, 2.24) is 14.3 Å². The number of carbonyl (C=O) groups is 1. The van der Waals surface area contributed by atoms with Crippen molar-refractivity contribution in [2.24, 2.45) is 0 Å². The molecule has 1 aromatic heterocycles. The fourth-order valence-corrected chi connectivity index (χ4v) is 4.85. The molecule has 0 saturated heterocycles. The van der Waals surface area contributed by atoms with Gasteiger partial charge >= 0.3 is 10.2 Å². The Bertz CT molecular complexity index is 1310. The molecule has 1 atom stereocenters. The van der Waals surface area contributed by atoms with Gasteiger partial charge in [-0.2, -0.15) is 17.0 Å². The number of anilines is 1. The molecule has 174 valence electrons. The topological polar surface area (TPSA) is 111 Å². The third-order valence-corrected chi connectivity index (χ3v) is 7.14. The molecule has 33 heavy (non-hydrogen) atoms. The molecule has 1 unspecified atom stereocenters. The van der Waals surface area contributed by atoms with Gasteiger partial charge < -0.3 is 14.2 Å². The van der Waals surface area contributed by atoms with E-state index in [1.807, 2.05) is 0 Å². The number of benzene rings is 2. The second-order valence-electron chi connectivity index (χ2n) is 7.51. The van der Waals surface area contributed by atoms with E-state index < -0.39 is 22.0 Å². The predicted octanol–water partition coefficient (Wildman–Crippen LogP) is 1.95. The highest BCUT2D eigenvalue weighted by Crippen LogP contribution is 2.44. The number of aromatic nitrogens is 2. The Labute approximate surface area is 191 Å². The second kappa shape index (κ2) is 8.93. The lowest BCUT2D eigenvalue weighted by atomic mass is 9.94. The van der Waals surface area contributed by atoms with Crippen molar-refractivity contribution >= 4 is 32.7 Å². The van der Waals surface area contributed by atoms with Crippen LogP contribution in [0.5, 0.6) is 11.5 Å². The Morgan fingerprint density at radius 3 is 2.52 bits per heavy atom. The Kier molecular flexibility index (Phi) is 6.19. The molecule has 2 heterocycles. The third kappa shape index (κ3) is 3.88. The molecule has 3 aromatic rings. The standard InChI is InChI=1S/C22H24N4O6S/c1-25(2)33(28,29)26-17-8-6-5-7-14(17)20(22(26)27)21-15-11-18(31-4)19(32-10-9-30-3)12-16(15)23-13-24-21/h5-8,11-13,20H,9-10H2,1-4H3. The average molecular weight is 473 g/mol. The van der Waals surface area contributed by atoms with Crippen molar-refractivity contribution < 1.29 is 27.4 Å². The maximum atomic E-state index is 13.5. The zero-order valence-corrected chi connectivity index (χ0v) is 19.5. The average Bonchev–Trinajstić information content (AvgIpc) is 3.10. The molecule has 0 aliphatic carbocycles. The van der Waals surface area contributed by atoms with Crippen LogP contribution < -0.4 is 13.8 Å². The Balaban J connectivity index is 1.87. The van der Waals surface area contributed by atoms with Gasteiger partial charge in [0.25, 0.3) is 5.91 Å². The van der Waals surface area contributed by atoms with Crippen LogP contribution in [0.25, 0.3) is 10.9 Å². The molecule has 11 heteroatoms. The smallest absolute Gasteiger partial charge is 0.310 e. The molecule has 0 radical (unpaired) electrons. The van der Waals surface area contributed by atoms with Crippen LogP contribution in [0.2, 0.25) is 0 Å². The molecule has 0 spiro atoms. The van der Waals surface area contributed by atoms with Gasteiger partial charge in [-0.25, -0.2) is 9.97 Å². The number of nitrogens with zero attached hydrogens (tertiary/aromatic N) is 4. The molecular formula is C22H24N4O6S. The maximum Gasteiger partial charge on any atom is 0.310 e. The van der Waals surface area contributed by atoms with Gasteiger partial charge in [-0.15, -0.1) is 0 Å². The van der Waals surface area contributed by atoms with Crippen LogP contribution in [0.1, 0.15) is 17.2 Å². The highest BCUT2D eigenvalue weighted by Gasteiger charge is 2.46. The second-order valence-corrected chi connectivity index (χ2v) is 9.50. The minimum Gasteiger partial charge on any atom is -0.493 e. The number of ether oxygens (including phenoxy) is 3. The summed E-state index contributed by atoms with van der Waals surface area (Å²) in [5.41, 5.74) is 1.77. The van der Waals surface area contributed by atoms with E-state index in [9.17, 15) is 13.2 Å². The van der Waals surface area contributed by atoms with Crippen LogP contribution in [0.15, 0.2) is 42.7 Å². The van der Waals surface area contributed by atoms with Gasteiger partial charge in [0.1, 0.15) is 18.9 Å². The van der Waals surface area contributed by atoms with Gasteiger partial charge in [0.2, 0.25) is 0 Å². The summed E-state index contributed by atoms with van der Waals surface area (Å²) in [7, 11) is 1.81. The zero-order valence-electron chi connectivity index (χ0n) is 18.7. The number of amides is 1. The minimum absolute atomic E-state index is 0.305. The number of hydrogen-bond acceptors (Lipinski definition) is 8. The summed E-state index contributed by atoms with van der Waals surface area (Å²) < 4.78 is 44.0. The third-order valence-electron chi connectivity index (χ3n) is 5.38. The van der Waals surface area contributed by atoms with Crippen molar-refractivity contribution in [1.29, 1.82) is 0 Å². The lowest BCUT2D eigenvalue weighted by Crippen LogP contribution is -2.42. The summed E-state index contributed by atoms with van der Waals surface area (Å²) in [5, 5.41) is 0.561. The number of carbonyl (C=O) groups excluding carboxylic acids is 1. The summed E-state index contributed by atoms with van der Waals surface area (Å²) >= 11 is 0. The molecule has 0 bridgehead atoms. The quantitative estimate of drug-likeness (QED) is 0.458. The fourth-order valence-electron chi connectivity index (χ4n) is 3.77. The van der Waals surface area contributed by atoms with Gasteiger partial charge in [0.15, 0.2) is 11.5 Å². The first-order chi connectivity index (χ1) is 15.8. The van der Waals surface area contributed by atoms with Crippen molar-refractivity contribution in [3.63, 3.8) is 0 Å². The highest BCUT2D eigenvalue weighted by atomic mass is 32.2. The van der Waals surface area contributed by atoms with Crippen LogP contribution in [0.4, 0.5) is 5.69 Å². The van der Waals surface area contributed by atoms with E-state index >= 15 is 0 Å². The lowest BCUT2D eigenvalue weighted by Gasteiger charge is -2.22. The zero-order chi connectivity index (χ0) is 23.8. The Morgan fingerprint density at radius 2 is 1.82 bits per heavy atom. The molecule has 1 amide bonds. The van der Waals surface area contributed by atoms with E-state index in [1.165, 1.54) is 27.5 Å². The van der Waals surface area contributed by atoms with E-state index in [-0.39, 0.29) is 0 Å². The van der Waals surface area contributed by atoms with E-state index in [1.54, 1.807) is 43.5 Å². The van der Waals surface area contributed by atoms with Crippen LogP contribution >= 0.6 is 0 Å². The molecule has 1 aliphatic rings. The van der Waals surface area contributed by atoms with Crippen molar-refractivity contribution in [2.75, 3.05) is 45.8 Å². The predicted molar refractivity (Wildman–Crippen MR) is 122 cm³/mol. The molecular weight excluding hydrogens is 448 g/mol. The van der Waals surface area contributed by atoms with Crippen molar-refractivity contribution in [2.45, 2.75) is 5.92 Å². The number of para-hydroxylation sites is 1. The normalized spacial score (nSPS) is 15.8. The van der Waals surface area contributed by atoms with E-state index in [0.29, 0.717) is 52.6 Å². The van der Waals surface area contributed by atoms with E-state index in [2.05, 4.69) is 9.97 Å². The molecule has 0 saturated carbocycles. The molecule has 4 rings (SSSR count). The lowest BCUT2D eigenvalue weighted by molar-refractivity contribution is -0.117. The number of hydrogen-bond donors (Lipinski definition) is 0. The monoisotopic (exact) mass is 472 g/mol. The first-order valence-corrected chi connectivity index (χ1v) is 11.5.